The van der Waals surface area contributed by atoms with Gasteiger partial charge in [0.05, 0.1) is 22.0 Å². The average molecular weight is 710 g/mol. The number of carbonyl (C=O) groups excluding carboxylic acids is 1. The van der Waals surface area contributed by atoms with Crippen LogP contribution in [0.4, 0.5) is 5.69 Å². The van der Waals surface area contributed by atoms with Crippen LogP contribution in [0, 0.1) is 23.7 Å². The predicted octanol–water partition coefficient (Wildman–Crippen LogP) is 6.08. The number of hydrogen-bond donors (Lipinski definition) is 1. The molecular weight excluding hydrogens is 658 g/mol. The summed E-state index contributed by atoms with van der Waals surface area (Å²) in [5.74, 6) is 5.89. The van der Waals surface area contributed by atoms with E-state index < -0.39 is 9.71 Å². The monoisotopic (exact) mass is 709 g/mol. The Labute approximate surface area is 297 Å². The molecule has 0 radical (unpaired) electrons. The van der Waals surface area contributed by atoms with Gasteiger partial charge in [-0.3, -0.25) is 9.52 Å². The van der Waals surface area contributed by atoms with E-state index in [1.807, 2.05) is 25.1 Å². The minimum absolute atomic E-state index is 0.134. The van der Waals surface area contributed by atoms with Crippen LogP contribution in [0.25, 0.3) is 0 Å². The van der Waals surface area contributed by atoms with E-state index in [1.54, 1.807) is 6.07 Å². The molecule has 2 aromatic rings. The van der Waals surface area contributed by atoms with Crippen LogP contribution in [0.5, 0.6) is 5.75 Å². The van der Waals surface area contributed by atoms with Gasteiger partial charge in [0.15, 0.2) is 6.29 Å². The number of likely N-dealkylation sites (tertiary alicyclic amines) is 1. The maximum absolute atomic E-state index is 13.9. The molecule has 0 aromatic heterocycles. The molecule has 2 bridgehead atoms. The van der Waals surface area contributed by atoms with Gasteiger partial charge in [-0.25, -0.2) is 4.21 Å². The summed E-state index contributed by atoms with van der Waals surface area (Å²) in [4.78, 5) is 18.5. The molecule has 1 saturated carbocycles. The van der Waals surface area contributed by atoms with Crippen LogP contribution in [0.3, 0.4) is 0 Å². The van der Waals surface area contributed by atoms with Gasteiger partial charge in [0.25, 0.3) is 5.91 Å². The molecule has 266 valence electrons. The first-order valence-electron chi connectivity index (χ1n) is 18.5. The lowest BCUT2D eigenvalue weighted by atomic mass is 9.64. The van der Waals surface area contributed by atoms with Crippen LogP contribution in [-0.2, 0) is 31.0 Å². The van der Waals surface area contributed by atoms with Gasteiger partial charge in [-0.1, -0.05) is 31.0 Å². The number of hydrogen-bond acceptors (Lipinski definition) is 7. The number of amides is 1. The Hall–Kier alpha value is -2.30. The molecule has 4 aliphatic heterocycles. The maximum Gasteiger partial charge on any atom is 0.262 e. The van der Waals surface area contributed by atoms with Crippen LogP contribution in [0.1, 0.15) is 80.3 Å². The van der Waals surface area contributed by atoms with Crippen LogP contribution in [0.15, 0.2) is 36.4 Å². The second-order valence-corrected chi connectivity index (χ2v) is 19.0. The normalized spacial score (nSPS) is 39.6. The summed E-state index contributed by atoms with van der Waals surface area (Å²) in [5.41, 5.74) is 3.85. The van der Waals surface area contributed by atoms with E-state index >= 15 is 0 Å². The molecule has 4 heterocycles. The molecule has 2 aromatic carbocycles. The highest BCUT2D eigenvalue weighted by atomic mass is 35.5. The van der Waals surface area contributed by atoms with E-state index in [0.29, 0.717) is 29.9 Å². The SMILES string of the molecule is C=S1(=O)NC(=O)c2ccc3c(c2)N(C[C@@H]2CC[C@H]2[C@@H](C2O[C@H]4CN(C)C[C@H]4O2)CCC[C@H](C)[C@H]1C)C[C@@]1(CCCc2cc(Cl)ccc21)CO3. The Bertz CT molecular complexity index is 1690. The Morgan fingerprint density at radius 2 is 1.78 bits per heavy atom. The Morgan fingerprint density at radius 1 is 0.980 bits per heavy atom. The molecule has 2 unspecified atom stereocenters. The topological polar surface area (TPSA) is 80.3 Å². The van der Waals surface area contributed by atoms with Gasteiger partial charge in [-0.15, -0.1) is 0 Å². The van der Waals surface area contributed by atoms with Gasteiger partial charge in [0.1, 0.15) is 18.0 Å². The number of benzene rings is 2. The van der Waals surface area contributed by atoms with Crippen molar-refractivity contribution in [1.29, 1.82) is 0 Å². The second kappa shape index (κ2) is 13.0. The lowest BCUT2D eigenvalue weighted by Crippen LogP contribution is -2.50. The zero-order valence-corrected chi connectivity index (χ0v) is 30.8. The highest BCUT2D eigenvalue weighted by molar-refractivity contribution is 7.99. The zero-order valence-electron chi connectivity index (χ0n) is 29.2. The molecule has 6 aliphatic rings. The number of aryl methyl sites for hydroxylation is 1. The smallest absolute Gasteiger partial charge is 0.262 e. The summed E-state index contributed by atoms with van der Waals surface area (Å²) in [6, 6.07) is 12.0. The predicted molar refractivity (Wildman–Crippen MR) is 196 cm³/mol. The van der Waals surface area contributed by atoms with Gasteiger partial charge in [-0.05, 0) is 124 Å². The highest BCUT2D eigenvalue weighted by Crippen LogP contribution is 2.50. The van der Waals surface area contributed by atoms with Crippen molar-refractivity contribution in [2.75, 3.05) is 44.7 Å². The van der Waals surface area contributed by atoms with Crippen molar-refractivity contribution in [3.63, 3.8) is 0 Å². The fraction of sp³-hybridized carbons (Fsp3) is 0.641. The number of carbonyl (C=O) groups is 1. The third-order valence-electron chi connectivity index (χ3n) is 13.0. The van der Waals surface area contributed by atoms with E-state index in [2.05, 4.69) is 46.5 Å². The zero-order chi connectivity index (χ0) is 34.1. The summed E-state index contributed by atoms with van der Waals surface area (Å²) in [5, 5.41) is 0.504. The number of fused-ring (bicyclic) bond motifs is 5. The third-order valence-corrected chi connectivity index (χ3v) is 15.4. The quantitative estimate of drug-likeness (QED) is 0.360. The van der Waals surface area contributed by atoms with Crippen molar-refractivity contribution in [3.8, 4) is 5.75 Å². The molecular formula is C39H52ClN3O5S. The van der Waals surface area contributed by atoms with E-state index in [-0.39, 0.29) is 41.0 Å². The van der Waals surface area contributed by atoms with Crippen molar-refractivity contribution < 1.29 is 23.2 Å². The summed E-state index contributed by atoms with van der Waals surface area (Å²) < 4.78 is 36.9. The third kappa shape index (κ3) is 6.30. The van der Waals surface area contributed by atoms with Gasteiger partial charge >= 0.3 is 0 Å². The van der Waals surface area contributed by atoms with Gasteiger partial charge in [-0.2, -0.15) is 0 Å². The Balaban J connectivity index is 1.17. The second-order valence-electron chi connectivity index (χ2n) is 16.2. The fourth-order valence-electron chi connectivity index (χ4n) is 9.83. The Morgan fingerprint density at radius 3 is 2.53 bits per heavy atom. The summed E-state index contributed by atoms with van der Waals surface area (Å²) in [6.45, 7) is 8.17. The van der Waals surface area contributed by atoms with E-state index in [0.717, 1.165) is 87.6 Å². The number of halogens is 1. The van der Waals surface area contributed by atoms with Gasteiger partial charge in [0, 0.05) is 53.3 Å². The molecule has 8 rings (SSSR count). The van der Waals surface area contributed by atoms with Crippen molar-refractivity contribution in [2.24, 2.45) is 23.7 Å². The number of rotatable bonds is 1. The molecule has 2 saturated heterocycles. The lowest BCUT2D eigenvalue weighted by Gasteiger charge is -2.47. The number of nitrogens with one attached hydrogen (secondary N) is 1. The number of likely N-dealkylation sites (N-methyl/N-ethyl adjacent to an activating group) is 1. The van der Waals surface area contributed by atoms with Crippen LogP contribution >= 0.6 is 11.6 Å². The van der Waals surface area contributed by atoms with E-state index in [4.69, 9.17) is 25.8 Å². The van der Waals surface area contributed by atoms with Crippen molar-refractivity contribution in [1.82, 2.24) is 9.62 Å². The minimum Gasteiger partial charge on any atom is -0.490 e. The van der Waals surface area contributed by atoms with Crippen LogP contribution in [0.2, 0.25) is 5.02 Å². The van der Waals surface area contributed by atoms with Crippen LogP contribution < -0.4 is 14.4 Å². The molecule has 1 N–H and O–H groups in total. The summed E-state index contributed by atoms with van der Waals surface area (Å²) in [7, 11) is -0.760. The molecule has 1 spiro atoms. The number of nitrogens with zero attached hydrogens (tertiary/aromatic N) is 2. The lowest BCUT2D eigenvalue weighted by molar-refractivity contribution is -0.146. The number of anilines is 1. The first kappa shape index (κ1) is 33.8. The average Bonchev–Trinajstić information content (AvgIpc) is 3.56. The van der Waals surface area contributed by atoms with Crippen LogP contribution in [-0.4, -0.2) is 84.5 Å². The van der Waals surface area contributed by atoms with Gasteiger partial charge in [0.2, 0.25) is 0 Å². The van der Waals surface area contributed by atoms with Crippen molar-refractivity contribution in [3.05, 3.63) is 58.1 Å². The largest absolute Gasteiger partial charge is 0.490 e. The van der Waals surface area contributed by atoms with E-state index in [9.17, 15) is 9.00 Å². The standard InChI is InChI=1S/C39H52ClN3O5S/c1-24-7-5-9-31(38-47-35-20-42(3)21-36(35)48-38)30-13-10-28(30)19-43-22-39(16-6-8-26-17-29(40)12-14-32(26)39)23-46-34-15-11-27(18-33(34)43)37(44)41-49(4,45)25(24)2/h11-12,14-15,17-18,24-25,28,30-31,35-36,38H,4-10,13,16,19-23H2,1-3H3,(H,41,44,45)/t24-,25+,28-,30+,31-,35-,36+,38?,39-,49?/m0/s1. The molecule has 3 fully saturated rings. The minimum atomic E-state index is -2.90. The van der Waals surface area contributed by atoms with Crippen molar-refractivity contribution in [2.45, 2.75) is 94.4 Å². The molecule has 10 heteroatoms. The first-order valence-corrected chi connectivity index (χ1v) is 20.6. The van der Waals surface area contributed by atoms with Gasteiger partial charge < -0.3 is 24.0 Å². The highest BCUT2D eigenvalue weighted by Gasteiger charge is 2.50. The molecule has 49 heavy (non-hydrogen) atoms. The first-order chi connectivity index (χ1) is 23.5. The molecule has 8 nitrogen and oxygen atoms in total. The summed E-state index contributed by atoms with van der Waals surface area (Å²) >= 11 is 6.49. The van der Waals surface area contributed by atoms with Crippen molar-refractivity contribution >= 4 is 38.8 Å². The molecule has 2 aliphatic carbocycles. The molecule has 10 atom stereocenters. The fourth-order valence-corrected chi connectivity index (χ4v) is 11.5. The number of ether oxygens (including phenoxy) is 3. The van der Waals surface area contributed by atoms with E-state index in [1.165, 1.54) is 17.5 Å². The summed E-state index contributed by atoms with van der Waals surface area (Å²) in [6.07, 6.45) is 8.44. The maximum atomic E-state index is 13.9. The Kier molecular flexibility index (Phi) is 9.00. The molecule has 1 amide bonds.